The Morgan fingerprint density at radius 1 is 0.833 bits per heavy atom. The first-order valence-electron chi connectivity index (χ1n) is 9.73. The van der Waals surface area contributed by atoms with E-state index in [1.165, 1.54) is 45.4 Å². The van der Waals surface area contributed by atoms with Gasteiger partial charge in [0.05, 0.1) is 6.54 Å². The number of nitrogens with zero attached hydrogens (tertiary/aromatic N) is 5. The van der Waals surface area contributed by atoms with Crippen molar-refractivity contribution in [3.8, 4) is 0 Å². The van der Waals surface area contributed by atoms with Crippen molar-refractivity contribution in [1.29, 1.82) is 0 Å². The fourth-order valence-electron chi connectivity index (χ4n) is 4.17. The summed E-state index contributed by atoms with van der Waals surface area (Å²) in [4.78, 5) is 24.5. The van der Waals surface area contributed by atoms with Crippen LogP contribution in [0.15, 0.2) is 0 Å². The standard InChI is InChI=1S/C18H35N5O/c1-19-7-11-22(12-8-19)17-5-3-4-6-21(15-17)16-18(24)23-13-9-20(2)10-14-23/h17H,3-16H2,1-2H3/t17-/m0/s1. The van der Waals surface area contributed by atoms with Crippen LogP contribution in [0.1, 0.15) is 19.3 Å². The third kappa shape index (κ3) is 4.91. The smallest absolute Gasteiger partial charge is 0.236 e. The predicted octanol–water partition coefficient (Wildman–Crippen LogP) is -0.138. The van der Waals surface area contributed by atoms with Crippen molar-refractivity contribution in [2.24, 2.45) is 0 Å². The number of hydrogen-bond acceptors (Lipinski definition) is 5. The van der Waals surface area contributed by atoms with Crippen molar-refractivity contribution in [3.05, 3.63) is 0 Å². The third-order valence-electron chi connectivity index (χ3n) is 6.00. The number of carbonyl (C=O) groups is 1. The van der Waals surface area contributed by atoms with Gasteiger partial charge in [-0.15, -0.1) is 0 Å². The normalized spacial score (nSPS) is 29.6. The lowest BCUT2D eigenvalue weighted by atomic mass is 10.1. The summed E-state index contributed by atoms with van der Waals surface area (Å²) in [6.07, 6.45) is 3.83. The topological polar surface area (TPSA) is 33.3 Å². The van der Waals surface area contributed by atoms with E-state index in [1.54, 1.807) is 0 Å². The molecule has 0 aromatic rings. The first-order valence-corrected chi connectivity index (χ1v) is 9.73. The Kier molecular flexibility index (Phi) is 6.49. The molecule has 0 N–H and O–H groups in total. The van der Waals surface area contributed by atoms with Crippen LogP contribution in [-0.4, -0.2) is 123 Å². The molecule has 0 aromatic heterocycles. The van der Waals surface area contributed by atoms with Gasteiger partial charge in [0.1, 0.15) is 0 Å². The van der Waals surface area contributed by atoms with E-state index in [4.69, 9.17) is 0 Å². The number of piperazine rings is 2. The van der Waals surface area contributed by atoms with Crippen molar-refractivity contribution in [2.75, 3.05) is 86.1 Å². The average molecular weight is 338 g/mol. The summed E-state index contributed by atoms with van der Waals surface area (Å²) in [5.74, 6) is 0.335. The van der Waals surface area contributed by atoms with E-state index in [9.17, 15) is 4.79 Å². The van der Waals surface area contributed by atoms with E-state index in [2.05, 4.69) is 38.6 Å². The molecule has 3 heterocycles. The molecule has 0 saturated carbocycles. The SMILES string of the molecule is CN1CCN(C(=O)CN2CCCC[C@H](N3CCN(C)CC3)C2)CC1. The van der Waals surface area contributed by atoms with E-state index < -0.39 is 0 Å². The Balaban J connectivity index is 1.50. The fraction of sp³-hybridized carbons (Fsp3) is 0.944. The molecule has 0 unspecified atom stereocenters. The van der Waals surface area contributed by atoms with Crippen LogP contribution < -0.4 is 0 Å². The highest BCUT2D eigenvalue weighted by Crippen LogP contribution is 2.18. The van der Waals surface area contributed by atoms with Gasteiger partial charge in [-0.05, 0) is 33.5 Å². The number of likely N-dealkylation sites (N-methyl/N-ethyl adjacent to an activating group) is 2. The quantitative estimate of drug-likeness (QED) is 0.716. The molecule has 0 bridgehead atoms. The van der Waals surface area contributed by atoms with Gasteiger partial charge in [0.25, 0.3) is 0 Å². The van der Waals surface area contributed by atoms with Crippen molar-refractivity contribution in [1.82, 2.24) is 24.5 Å². The zero-order chi connectivity index (χ0) is 16.9. The lowest BCUT2D eigenvalue weighted by Gasteiger charge is -2.39. The molecule has 3 saturated heterocycles. The third-order valence-corrected chi connectivity index (χ3v) is 6.00. The Hall–Kier alpha value is -0.690. The maximum Gasteiger partial charge on any atom is 0.236 e. The molecule has 6 nitrogen and oxygen atoms in total. The summed E-state index contributed by atoms with van der Waals surface area (Å²) in [5, 5.41) is 0. The summed E-state index contributed by atoms with van der Waals surface area (Å²) in [5.41, 5.74) is 0. The van der Waals surface area contributed by atoms with Crippen LogP contribution >= 0.6 is 0 Å². The summed E-state index contributed by atoms with van der Waals surface area (Å²) in [7, 11) is 4.35. The summed E-state index contributed by atoms with van der Waals surface area (Å²) in [6.45, 7) is 11.3. The summed E-state index contributed by atoms with van der Waals surface area (Å²) < 4.78 is 0. The molecule has 0 radical (unpaired) electrons. The molecule has 138 valence electrons. The van der Waals surface area contributed by atoms with E-state index in [0.717, 1.165) is 39.3 Å². The Morgan fingerprint density at radius 3 is 2.12 bits per heavy atom. The van der Waals surface area contributed by atoms with Gasteiger partial charge in [0.2, 0.25) is 5.91 Å². The van der Waals surface area contributed by atoms with Crippen LogP contribution in [0.2, 0.25) is 0 Å². The molecule has 3 aliphatic rings. The van der Waals surface area contributed by atoms with Gasteiger partial charge in [-0.2, -0.15) is 0 Å². The highest BCUT2D eigenvalue weighted by atomic mass is 16.2. The van der Waals surface area contributed by atoms with E-state index in [0.29, 0.717) is 18.5 Å². The van der Waals surface area contributed by atoms with Crippen molar-refractivity contribution < 1.29 is 4.79 Å². The maximum absolute atomic E-state index is 12.7. The first-order chi connectivity index (χ1) is 11.6. The highest BCUT2D eigenvalue weighted by Gasteiger charge is 2.28. The second kappa shape index (κ2) is 8.61. The van der Waals surface area contributed by atoms with E-state index in [1.807, 2.05) is 0 Å². The van der Waals surface area contributed by atoms with Crippen LogP contribution in [0.4, 0.5) is 0 Å². The number of rotatable bonds is 3. The van der Waals surface area contributed by atoms with Crippen LogP contribution in [0.25, 0.3) is 0 Å². The molecular weight excluding hydrogens is 302 g/mol. The molecule has 0 spiro atoms. The highest BCUT2D eigenvalue weighted by molar-refractivity contribution is 5.78. The molecular formula is C18H35N5O. The Bertz CT molecular complexity index is 402. The monoisotopic (exact) mass is 337 g/mol. The number of likely N-dealkylation sites (tertiary alicyclic amines) is 1. The molecule has 3 aliphatic heterocycles. The summed E-state index contributed by atoms with van der Waals surface area (Å²) in [6, 6.07) is 0.640. The fourth-order valence-corrected chi connectivity index (χ4v) is 4.17. The van der Waals surface area contributed by atoms with Gasteiger partial charge < -0.3 is 14.7 Å². The minimum Gasteiger partial charge on any atom is -0.339 e. The number of amides is 1. The lowest BCUT2D eigenvalue weighted by Crippen LogP contribution is -2.53. The minimum atomic E-state index is 0.335. The van der Waals surface area contributed by atoms with Crippen molar-refractivity contribution in [2.45, 2.75) is 25.3 Å². The largest absolute Gasteiger partial charge is 0.339 e. The van der Waals surface area contributed by atoms with Crippen molar-refractivity contribution >= 4 is 5.91 Å². The minimum absolute atomic E-state index is 0.335. The van der Waals surface area contributed by atoms with E-state index in [-0.39, 0.29) is 0 Å². The molecule has 6 heteroatoms. The zero-order valence-corrected chi connectivity index (χ0v) is 15.6. The molecule has 3 fully saturated rings. The Morgan fingerprint density at radius 2 is 1.46 bits per heavy atom. The number of hydrogen-bond donors (Lipinski definition) is 0. The van der Waals surface area contributed by atoms with Crippen LogP contribution in [-0.2, 0) is 4.79 Å². The Labute approximate surface area is 147 Å². The van der Waals surface area contributed by atoms with Gasteiger partial charge in [-0.25, -0.2) is 0 Å². The van der Waals surface area contributed by atoms with E-state index >= 15 is 0 Å². The predicted molar refractivity (Wildman–Crippen MR) is 97.2 cm³/mol. The average Bonchev–Trinajstić information content (AvgIpc) is 2.82. The molecule has 1 amide bonds. The van der Waals surface area contributed by atoms with Crippen LogP contribution in [0.5, 0.6) is 0 Å². The van der Waals surface area contributed by atoms with Gasteiger partial charge in [-0.1, -0.05) is 6.42 Å². The molecule has 0 aromatic carbocycles. The van der Waals surface area contributed by atoms with Crippen LogP contribution in [0.3, 0.4) is 0 Å². The molecule has 24 heavy (non-hydrogen) atoms. The van der Waals surface area contributed by atoms with Crippen molar-refractivity contribution in [3.63, 3.8) is 0 Å². The van der Waals surface area contributed by atoms with Gasteiger partial charge in [0, 0.05) is 64.9 Å². The molecule has 1 atom stereocenters. The van der Waals surface area contributed by atoms with Crippen LogP contribution in [0, 0.1) is 0 Å². The second-order valence-electron chi connectivity index (χ2n) is 7.91. The maximum atomic E-state index is 12.7. The lowest BCUT2D eigenvalue weighted by molar-refractivity contribution is -0.134. The second-order valence-corrected chi connectivity index (χ2v) is 7.91. The summed E-state index contributed by atoms with van der Waals surface area (Å²) >= 11 is 0. The zero-order valence-electron chi connectivity index (χ0n) is 15.6. The molecule has 3 rings (SSSR count). The first kappa shape index (κ1) is 18.1. The molecule has 0 aliphatic carbocycles. The number of carbonyl (C=O) groups excluding carboxylic acids is 1. The van der Waals surface area contributed by atoms with Gasteiger partial charge >= 0.3 is 0 Å². The van der Waals surface area contributed by atoms with Gasteiger partial charge in [0.15, 0.2) is 0 Å². The van der Waals surface area contributed by atoms with Gasteiger partial charge in [-0.3, -0.25) is 14.6 Å².